The van der Waals surface area contributed by atoms with Gasteiger partial charge in [-0.05, 0) is 38.4 Å². The Hall–Kier alpha value is -1.57. The molecule has 1 aromatic carbocycles. The molecule has 23 heavy (non-hydrogen) atoms. The summed E-state index contributed by atoms with van der Waals surface area (Å²) in [6.07, 6.45) is 1.08. The van der Waals surface area contributed by atoms with E-state index >= 15 is 0 Å². The standard InChI is InChI=1S/C14H18ClN3O4.ClH/c1-9(14(19)17-11-3-2-6-16-8-11)22-13-5-4-10(15)7-12(13)18(20)21;/h4-5,7,9,11,16H,2-3,6,8H2,1H3,(H,17,19);1H. The van der Waals surface area contributed by atoms with Crippen molar-refractivity contribution in [3.8, 4) is 5.75 Å². The molecule has 2 rings (SSSR count). The number of carbonyl (C=O) groups excluding carboxylic acids is 1. The third-order valence-corrected chi connectivity index (χ3v) is 3.67. The second-order valence-corrected chi connectivity index (χ2v) is 5.62. The van der Waals surface area contributed by atoms with Crippen LogP contribution in [0.15, 0.2) is 18.2 Å². The highest BCUT2D eigenvalue weighted by atomic mass is 35.5. The van der Waals surface area contributed by atoms with Gasteiger partial charge in [0.15, 0.2) is 11.9 Å². The molecule has 0 spiro atoms. The third-order valence-electron chi connectivity index (χ3n) is 3.43. The average Bonchev–Trinajstić information content (AvgIpc) is 2.49. The number of halogens is 2. The minimum atomic E-state index is -0.832. The normalized spacial score (nSPS) is 18.4. The summed E-state index contributed by atoms with van der Waals surface area (Å²) < 4.78 is 5.43. The number of nitrogens with zero attached hydrogens (tertiary/aromatic N) is 1. The minimum Gasteiger partial charge on any atom is -0.474 e. The van der Waals surface area contributed by atoms with Crippen LogP contribution in [0.2, 0.25) is 5.02 Å². The van der Waals surface area contributed by atoms with Crippen LogP contribution in [0.1, 0.15) is 19.8 Å². The van der Waals surface area contributed by atoms with Gasteiger partial charge in [0.25, 0.3) is 5.91 Å². The van der Waals surface area contributed by atoms with Crippen LogP contribution in [0, 0.1) is 10.1 Å². The number of rotatable bonds is 5. The summed E-state index contributed by atoms with van der Waals surface area (Å²) in [5.74, 6) is -0.267. The average molecular weight is 364 g/mol. The summed E-state index contributed by atoms with van der Waals surface area (Å²) >= 11 is 5.74. The summed E-state index contributed by atoms with van der Waals surface area (Å²) in [6.45, 7) is 3.23. The first kappa shape index (κ1) is 19.5. The lowest BCUT2D eigenvalue weighted by atomic mass is 10.1. The number of nitrogens with one attached hydrogen (secondary N) is 2. The van der Waals surface area contributed by atoms with Crippen molar-refractivity contribution in [3.63, 3.8) is 0 Å². The number of nitro benzene ring substituents is 1. The molecule has 9 heteroatoms. The molecule has 1 aliphatic rings. The van der Waals surface area contributed by atoms with Crippen molar-refractivity contribution in [2.75, 3.05) is 13.1 Å². The Bertz CT molecular complexity index is 565. The summed E-state index contributed by atoms with van der Waals surface area (Å²) in [5, 5.41) is 17.3. The molecule has 0 saturated carbocycles. The molecule has 0 aliphatic carbocycles. The molecule has 2 unspecified atom stereocenters. The molecule has 2 N–H and O–H groups in total. The second kappa shape index (κ2) is 8.90. The molecule has 1 saturated heterocycles. The molecule has 2 atom stereocenters. The van der Waals surface area contributed by atoms with Gasteiger partial charge in [-0.1, -0.05) is 11.6 Å². The molecule has 128 valence electrons. The fourth-order valence-electron chi connectivity index (χ4n) is 2.27. The first-order valence-electron chi connectivity index (χ1n) is 7.09. The minimum absolute atomic E-state index is 0. The molecular weight excluding hydrogens is 345 g/mol. The Labute approximate surface area is 145 Å². The van der Waals surface area contributed by atoms with Crippen LogP contribution in [0.25, 0.3) is 0 Å². The Morgan fingerprint density at radius 3 is 2.91 bits per heavy atom. The number of nitro groups is 1. The highest BCUT2D eigenvalue weighted by Crippen LogP contribution is 2.30. The van der Waals surface area contributed by atoms with E-state index in [1.54, 1.807) is 6.92 Å². The highest BCUT2D eigenvalue weighted by Gasteiger charge is 2.24. The highest BCUT2D eigenvalue weighted by molar-refractivity contribution is 6.30. The van der Waals surface area contributed by atoms with Crippen molar-refractivity contribution in [3.05, 3.63) is 33.3 Å². The Kier molecular flexibility index (Phi) is 7.54. The number of carbonyl (C=O) groups is 1. The summed E-state index contributed by atoms with van der Waals surface area (Å²) in [7, 11) is 0. The Morgan fingerprint density at radius 2 is 2.30 bits per heavy atom. The van der Waals surface area contributed by atoms with E-state index in [2.05, 4.69) is 10.6 Å². The quantitative estimate of drug-likeness (QED) is 0.618. The van der Waals surface area contributed by atoms with Gasteiger partial charge < -0.3 is 15.4 Å². The van der Waals surface area contributed by atoms with Gasteiger partial charge in [0.2, 0.25) is 0 Å². The lowest BCUT2D eigenvalue weighted by Gasteiger charge is -2.25. The topological polar surface area (TPSA) is 93.5 Å². The molecule has 1 aliphatic heterocycles. The molecule has 0 radical (unpaired) electrons. The van der Waals surface area contributed by atoms with Crippen molar-refractivity contribution >= 4 is 35.6 Å². The van der Waals surface area contributed by atoms with E-state index < -0.39 is 11.0 Å². The Morgan fingerprint density at radius 1 is 1.57 bits per heavy atom. The number of benzene rings is 1. The second-order valence-electron chi connectivity index (χ2n) is 5.18. The number of piperidine rings is 1. The maximum atomic E-state index is 12.1. The smallest absolute Gasteiger partial charge is 0.312 e. The van der Waals surface area contributed by atoms with Crippen molar-refractivity contribution in [2.45, 2.75) is 31.9 Å². The van der Waals surface area contributed by atoms with Gasteiger partial charge in [0.1, 0.15) is 0 Å². The molecule has 1 aromatic rings. The van der Waals surface area contributed by atoms with Crippen LogP contribution in [0.4, 0.5) is 5.69 Å². The Balaban J connectivity index is 0.00000264. The van der Waals surface area contributed by atoms with Crippen LogP contribution >= 0.6 is 24.0 Å². The van der Waals surface area contributed by atoms with Crippen LogP contribution in [0.5, 0.6) is 5.75 Å². The number of hydrogen-bond donors (Lipinski definition) is 2. The van der Waals surface area contributed by atoms with Gasteiger partial charge in [0, 0.05) is 23.7 Å². The number of hydrogen-bond acceptors (Lipinski definition) is 5. The number of amides is 1. The fourth-order valence-corrected chi connectivity index (χ4v) is 2.44. The van der Waals surface area contributed by atoms with E-state index in [1.165, 1.54) is 18.2 Å². The largest absolute Gasteiger partial charge is 0.474 e. The lowest BCUT2D eigenvalue weighted by Crippen LogP contribution is -2.49. The van der Waals surface area contributed by atoms with Gasteiger partial charge in [-0.15, -0.1) is 12.4 Å². The van der Waals surface area contributed by atoms with Gasteiger partial charge in [-0.2, -0.15) is 0 Å². The van der Waals surface area contributed by atoms with Crippen LogP contribution in [0.3, 0.4) is 0 Å². The molecule has 0 aromatic heterocycles. The zero-order chi connectivity index (χ0) is 16.1. The van der Waals surface area contributed by atoms with Crippen LogP contribution in [-0.2, 0) is 4.79 Å². The molecule has 7 nitrogen and oxygen atoms in total. The zero-order valence-electron chi connectivity index (χ0n) is 12.6. The van der Waals surface area contributed by atoms with Crippen LogP contribution in [-0.4, -0.2) is 36.1 Å². The zero-order valence-corrected chi connectivity index (χ0v) is 14.2. The van der Waals surface area contributed by atoms with E-state index in [4.69, 9.17) is 16.3 Å². The van der Waals surface area contributed by atoms with E-state index in [9.17, 15) is 14.9 Å². The van der Waals surface area contributed by atoms with Crippen molar-refractivity contribution < 1.29 is 14.5 Å². The van der Waals surface area contributed by atoms with Crippen molar-refractivity contribution in [2.24, 2.45) is 0 Å². The first-order valence-corrected chi connectivity index (χ1v) is 7.47. The van der Waals surface area contributed by atoms with Gasteiger partial charge in [-0.3, -0.25) is 14.9 Å². The monoisotopic (exact) mass is 363 g/mol. The predicted octanol–water partition coefficient (Wildman–Crippen LogP) is 2.31. The van der Waals surface area contributed by atoms with Crippen LogP contribution < -0.4 is 15.4 Å². The summed E-state index contributed by atoms with van der Waals surface area (Å²) in [5.41, 5.74) is -0.258. The third kappa shape index (κ3) is 5.53. The molecule has 1 heterocycles. The van der Waals surface area contributed by atoms with E-state index in [1.807, 2.05) is 0 Å². The SMILES string of the molecule is CC(Oc1ccc(Cl)cc1[N+](=O)[O-])C(=O)NC1CCCNC1.Cl. The molecule has 1 amide bonds. The van der Waals surface area contributed by atoms with Gasteiger partial charge in [0.05, 0.1) is 4.92 Å². The van der Waals surface area contributed by atoms with Crippen molar-refractivity contribution in [1.82, 2.24) is 10.6 Å². The maximum absolute atomic E-state index is 12.1. The summed E-state index contributed by atoms with van der Waals surface area (Å²) in [4.78, 5) is 22.5. The summed E-state index contributed by atoms with van der Waals surface area (Å²) in [6, 6.07) is 4.14. The predicted molar refractivity (Wildman–Crippen MR) is 89.5 cm³/mol. The van der Waals surface area contributed by atoms with E-state index in [-0.39, 0.29) is 40.8 Å². The lowest BCUT2D eigenvalue weighted by molar-refractivity contribution is -0.386. The molecule has 0 bridgehead atoms. The molecule has 1 fully saturated rings. The van der Waals surface area contributed by atoms with Gasteiger partial charge in [-0.25, -0.2) is 0 Å². The number of ether oxygens (including phenoxy) is 1. The molecular formula is C14H19Cl2N3O4. The van der Waals surface area contributed by atoms with E-state index in [0.29, 0.717) is 0 Å². The fraction of sp³-hybridized carbons (Fsp3) is 0.500. The van der Waals surface area contributed by atoms with Crippen molar-refractivity contribution in [1.29, 1.82) is 0 Å². The first-order chi connectivity index (χ1) is 10.5. The maximum Gasteiger partial charge on any atom is 0.312 e. The van der Waals surface area contributed by atoms with E-state index in [0.717, 1.165) is 25.9 Å². The van der Waals surface area contributed by atoms with Gasteiger partial charge >= 0.3 is 5.69 Å².